The lowest BCUT2D eigenvalue weighted by Gasteiger charge is -2.39. The third kappa shape index (κ3) is 3.65. The first-order chi connectivity index (χ1) is 16.7. The predicted molar refractivity (Wildman–Crippen MR) is 127 cm³/mol. The number of benzene rings is 2. The van der Waals surface area contributed by atoms with Gasteiger partial charge in [-0.3, -0.25) is 4.98 Å². The lowest BCUT2D eigenvalue weighted by atomic mass is 9.96. The highest BCUT2D eigenvalue weighted by molar-refractivity contribution is 6.01. The molecule has 0 saturated carbocycles. The van der Waals surface area contributed by atoms with Crippen LogP contribution in [0.25, 0.3) is 0 Å². The van der Waals surface area contributed by atoms with Crippen molar-refractivity contribution in [3.05, 3.63) is 71.5 Å². The van der Waals surface area contributed by atoms with Crippen molar-refractivity contribution in [3.63, 3.8) is 0 Å². The standard InChI is InChI=1S/C26H27N3O5/c1-5-33-21-10-6-9-18-20-14-19(16-8-7-11-27-15-16)28-29(20)26(34-24(18)21)17-12-22(30-2)25(32-4)23(13-17)31-3/h6-13,15,20,26H,5,14H2,1-4H3/t20-,26+/m1/s1. The maximum Gasteiger partial charge on any atom is 0.214 e. The summed E-state index contributed by atoms with van der Waals surface area (Å²) in [5, 5.41) is 7.00. The lowest BCUT2D eigenvalue weighted by molar-refractivity contribution is -0.0214. The van der Waals surface area contributed by atoms with Gasteiger partial charge in [0.15, 0.2) is 23.0 Å². The Morgan fingerprint density at radius 1 is 1.00 bits per heavy atom. The molecule has 3 heterocycles. The van der Waals surface area contributed by atoms with Gasteiger partial charge in [-0.1, -0.05) is 18.2 Å². The first kappa shape index (κ1) is 21.9. The minimum Gasteiger partial charge on any atom is -0.493 e. The van der Waals surface area contributed by atoms with E-state index in [0.717, 1.165) is 34.6 Å². The fraction of sp³-hybridized carbons (Fsp3) is 0.308. The molecule has 0 amide bonds. The molecular weight excluding hydrogens is 434 g/mol. The summed E-state index contributed by atoms with van der Waals surface area (Å²) in [4.78, 5) is 4.27. The molecule has 0 aliphatic carbocycles. The molecule has 2 aromatic carbocycles. The van der Waals surface area contributed by atoms with Crippen LogP contribution in [-0.2, 0) is 0 Å². The van der Waals surface area contributed by atoms with E-state index in [2.05, 4.69) is 11.1 Å². The largest absolute Gasteiger partial charge is 0.493 e. The minimum atomic E-state index is -0.526. The second kappa shape index (κ2) is 9.13. The summed E-state index contributed by atoms with van der Waals surface area (Å²) < 4.78 is 29.2. The quantitative estimate of drug-likeness (QED) is 0.503. The molecule has 8 nitrogen and oxygen atoms in total. The van der Waals surface area contributed by atoms with E-state index < -0.39 is 6.23 Å². The van der Waals surface area contributed by atoms with Crippen molar-refractivity contribution < 1.29 is 23.7 Å². The summed E-state index contributed by atoms with van der Waals surface area (Å²) >= 11 is 0. The molecule has 176 valence electrons. The Bertz CT molecular complexity index is 1190. The molecule has 0 saturated heterocycles. The van der Waals surface area contributed by atoms with Gasteiger partial charge in [-0.2, -0.15) is 5.10 Å². The zero-order valence-electron chi connectivity index (χ0n) is 19.6. The Hall–Kier alpha value is -3.94. The zero-order valence-corrected chi connectivity index (χ0v) is 19.6. The Morgan fingerprint density at radius 2 is 1.79 bits per heavy atom. The van der Waals surface area contributed by atoms with Gasteiger partial charge in [0.25, 0.3) is 0 Å². The molecule has 34 heavy (non-hydrogen) atoms. The fourth-order valence-corrected chi connectivity index (χ4v) is 4.52. The molecule has 0 radical (unpaired) electrons. The van der Waals surface area contributed by atoms with Crippen LogP contribution in [0.3, 0.4) is 0 Å². The van der Waals surface area contributed by atoms with Crippen molar-refractivity contribution in [3.8, 4) is 28.7 Å². The number of para-hydroxylation sites is 1. The second-order valence-electron chi connectivity index (χ2n) is 7.92. The van der Waals surface area contributed by atoms with Crippen LogP contribution in [0.2, 0.25) is 0 Å². The van der Waals surface area contributed by atoms with Crippen molar-refractivity contribution in [1.82, 2.24) is 9.99 Å². The maximum absolute atomic E-state index is 6.60. The van der Waals surface area contributed by atoms with Crippen molar-refractivity contribution in [1.29, 1.82) is 0 Å². The number of hydrogen-bond donors (Lipinski definition) is 0. The average molecular weight is 462 g/mol. The van der Waals surface area contributed by atoms with Gasteiger partial charge in [0.2, 0.25) is 12.0 Å². The third-order valence-corrected chi connectivity index (χ3v) is 6.05. The van der Waals surface area contributed by atoms with E-state index in [9.17, 15) is 0 Å². The molecular formula is C26H27N3O5. The normalized spacial score (nSPS) is 18.4. The van der Waals surface area contributed by atoms with Crippen LogP contribution >= 0.6 is 0 Å². The molecule has 3 aromatic rings. The maximum atomic E-state index is 6.60. The first-order valence-corrected chi connectivity index (χ1v) is 11.2. The molecule has 8 heteroatoms. The molecule has 1 aromatic heterocycles. The summed E-state index contributed by atoms with van der Waals surface area (Å²) in [5.74, 6) is 3.07. The lowest BCUT2D eigenvalue weighted by Crippen LogP contribution is -2.34. The molecule has 5 rings (SSSR count). The van der Waals surface area contributed by atoms with Gasteiger partial charge in [0.05, 0.1) is 39.7 Å². The van der Waals surface area contributed by atoms with E-state index in [4.69, 9.17) is 28.8 Å². The van der Waals surface area contributed by atoms with Gasteiger partial charge in [-0.05, 0) is 31.2 Å². The Morgan fingerprint density at radius 3 is 2.44 bits per heavy atom. The van der Waals surface area contributed by atoms with Crippen LogP contribution in [0.4, 0.5) is 0 Å². The first-order valence-electron chi connectivity index (χ1n) is 11.2. The fourth-order valence-electron chi connectivity index (χ4n) is 4.52. The number of rotatable bonds is 7. The number of hydrogen-bond acceptors (Lipinski definition) is 8. The molecule has 0 N–H and O–H groups in total. The molecule has 2 aliphatic heterocycles. The zero-order chi connectivity index (χ0) is 23.7. The van der Waals surface area contributed by atoms with E-state index in [1.807, 2.05) is 54.5 Å². The van der Waals surface area contributed by atoms with Crippen LogP contribution in [0, 0.1) is 0 Å². The van der Waals surface area contributed by atoms with E-state index in [1.165, 1.54) is 0 Å². The highest BCUT2D eigenvalue weighted by Crippen LogP contribution is 2.52. The topological polar surface area (TPSA) is 74.6 Å². The Kier molecular flexibility index (Phi) is 5.88. The van der Waals surface area contributed by atoms with Crippen molar-refractivity contribution in [2.24, 2.45) is 5.10 Å². The molecule has 0 spiro atoms. The number of ether oxygens (including phenoxy) is 5. The van der Waals surface area contributed by atoms with Crippen molar-refractivity contribution in [2.75, 3.05) is 27.9 Å². The van der Waals surface area contributed by atoms with Crippen molar-refractivity contribution >= 4 is 5.71 Å². The van der Waals surface area contributed by atoms with Gasteiger partial charge in [0.1, 0.15) is 0 Å². The van der Waals surface area contributed by atoms with Crippen LogP contribution in [0.1, 0.15) is 42.3 Å². The van der Waals surface area contributed by atoms with Crippen molar-refractivity contribution in [2.45, 2.75) is 25.6 Å². The summed E-state index contributed by atoms with van der Waals surface area (Å²) in [6.45, 7) is 2.50. The average Bonchev–Trinajstić information content (AvgIpc) is 3.34. The monoisotopic (exact) mass is 461 g/mol. The van der Waals surface area contributed by atoms with E-state index in [0.29, 0.717) is 29.6 Å². The molecule has 2 aliphatic rings. The summed E-state index contributed by atoms with van der Waals surface area (Å²) in [6, 6.07) is 13.7. The van der Waals surface area contributed by atoms with E-state index in [-0.39, 0.29) is 6.04 Å². The van der Waals surface area contributed by atoms with Gasteiger partial charge in [-0.15, -0.1) is 0 Å². The van der Waals surface area contributed by atoms with Gasteiger partial charge >= 0.3 is 0 Å². The molecule has 0 fully saturated rings. The van der Waals surface area contributed by atoms with E-state index >= 15 is 0 Å². The van der Waals surface area contributed by atoms with Gasteiger partial charge < -0.3 is 23.7 Å². The number of hydrazone groups is 1. The molecule has 0 bridgehead atoms. The number of methoxy groups -OCH3 is 3. The number of aromatic nitrogens is 1. The van der Waals surface area contributed by atoms with Gasteiger partial charge in [-0.25, -0.2) is 5.01 Å². The minimum absolute atomic E-state index is 0.0246. The number of nitrogens with zero attached hydrogens (tertiary/aromatic N) is 3. The predicted octanol–water partition coefficient (Wildman–Crippen LogP) is 4.75. The summed E-state index contributed by atoms with van der Waals surface area (Å²) in [5.41, 5.74) is 3.81. The highest BCUT2D eigenvalue weighted by Gasteiger charge is 2.42. The van der Waals surface area contributed by atoms with Crippen LogP contribution in [0.15, 0.2) is 60.0 Å². The summed E-state index contributed by atoms with van der Waals surface area (Å²) in [6.07, 6.45) is 3.79. The number of pyridine rings is 1. The molecule has 2 atom stereocenters. The van der Waals surface area contributed by atoms with E-state index in [1.54, 1.807) is 27.5 Å². The highest BCUT2D eigenvalue weighted by atomic mass is 16.5. The van der Waals surface area contributed by atoms with Crippen LogP contribution in [0.5, 0.6) is 28.7 Å². The van der Waals surface area contributed by atoms with Crippen LogP contribution in [-0.4, -0.2) is 43.6 Å². The third-order valence-electron chi connectivity index (χ3n) is 6.05. The van der Waals surface area contributed by atoms with Crippen LogP contribution < -0.4 is 23.7 Å². The summed E-state index contributed by atoms with van der Waals surface area (Å²) in [7, 11) is 4.79. The Labute approximate surface area is 198 Å². The SMILES string of the molecule is CCOc1cccc2c1O[C@@H](c1cc(OC)c(OC)c(OC)c1)N1N=C(c3cccnc3)C[C@H]21. The van der Waals surface area contributed by atoms with Gasteiger partial charge in [0, 0.05) is 35.5 Å². The second-order valence-corrected chi connectivity index (χ2v) is 7.92. The molecule has 0 unspecified atom stereocenters. The smallest absolute Gasteiger partial charge is 0.214 e. The Balaban J connectivity index is 1.65. The number of fused-ring (bicyclic) bond motifs is 3.